The van der Waals surface area contributed by atoms with Crippen molar-refractivity contribution in [1.82, 2.24) is 9.80 Å². The van der Waals surface area contributed by atoms with E-state index in [1.807, 2.05) is 36.4 Å². The summed E-state index contributed by atoms with van der Waals surface area (Å²) in [5.41, 5.74) is 2.30. The monoisotopic (exact) mass is 586 g/mol. The van der Waals surface area contributed by atoms with Gasteiger partial charge in [0.05, 0.1) is 11.1 Å². The maximum Gasteiger partial charge on any atom is 0.335 e. The van der Waals surface area contributed by atoms with Crippen LogP contribution in [0.25, 0.3) is 21.5 Å². The Kier molecular flexibility index (Phi) is 11.0. The Bertz CT molecular complexity index is 1460. The molecule has 0 aliphatic carbocycles. The van der Waals surface area contributed by atoms with Gasteiger partial charge in [-0.15, -0.1) is 0 Å². The second-order valence-corrected chi connectivity index (χ2v) is 10.5. The number of hydrogen-bond acceptors (Lipinski definition) is 6. The Balaban J connectivity index is 1.82. The molecule has 0 aromatic heterocycles. The maximum atomic E-state index is 11.7. The number of aromatic carboxylic acids is 2. The molecule has 0 heterocycles. The van der Waals surface area contributed by atoms with E-state index in [0.29, 0.717) is 19.6 Å². The number of nitrogens with zero attached hydrogens (tertiary/aromatic N) is 2. The predicted octanol–water partition coefficient (Wildman–Crippen LogP) is 6.42. The van der Waals surface area contributed by atoms with Crippen molar-refractivity contribution in [3.8, 4) is 11.5 Å². The lowest BCUT2D eigenvalue weighted by Crippen LogP contribution is -2.28. The van der Waals surface area contributed by atoms with Crippen molar-refractivity contribution >= 4 is 33.5 Å². The molecule has 0 amide bonds. The average molecular weight is 587 g/mol. The molecule has 0 radical (unpaired) electrons. The summed E-state index contributed by atoms with van der Waals surface area (Å²) in [6.07, 6.45) is 0.453. The van der Waals surface area contributed by atoms with Gasteiger partial charge in [0.1, 0.15) is 24.7 Å². The van der Waals surface area contributed by atoms with E-state index in [-0.39, 0.29) is 11.1 Å². The van der Waals surface area contributed by atoms with Gasteiger partial charge in [-0.1, -0.05) is 52.0 Å². The van der Waals surface area contributed by atoms with Crippen LogP contribution in [0.5, 0.6) is 11.5 Å². The van der Waals surface area contributed by atoms with Gasteiger partial charge in [0.15, 0.2) is 0 Å². The third-order valence-corrected chi connectivity index (χ3v) is 8.14. The molecule has 0 unspecified atom stereocenters. The van der Waals surface area contributed by atoms with Crippen LogP contribution in [0.1, 0.15) is 59.5 Å². The standard InChI is InChI=1S/C35H42N2O6/c1-5-36(6-2)17-19-42-32-15-11-24-21-26(34(38)39)9-13-28(24)30(32)23-31-29-14-10-27(35(40)41)22-25(29)12-16-33(31)43-20-18-37(7-3)8-4/h9-16,21-22H,5-8,17-20,23H2,1-4H3,(H,38,39)(H,40,41). The van der Waals surface area contributed by atoms with E-state index in [1.54, 1.807) is 24.3 Å². The number of fused-ring (bicyclic) bond motifs is 2. The molecule has 0 saturated heterocycles. The second kappa shape index (κ2) is 14.8. The SMILES string of the molecule is CCN(CC)CCOc1ccc2cc(C(=O)O)ccc2c1Cc1c(OCCN(CC)CC)ccc2cc(C(=O)O)ccc12. The van der Waals surface area contributed by atoms with E-state index in [9.17, 15) is 19.8 Å². The van der Waals surface area contributed by atoms with Crippen molar-refractivity contribution in [2.75, 3.05) is 52.5 Å². The molecule has 228 valence electrons. The van der Waals surface area contributed by atoms with E-state index >= 15 is 0 Å². The Morgan fingerprint density at radius 3 is 1.35 bits per heavy atom. The molecule has 0 aliphatic rings. The molecule has 4 aromatic rings. The van der Waals surface area contributed by atoms with Crippen molar-refractivity contribution in [3.05, 3.63) is 82.9 Å². The molecular weight excluding hydrogens is 544 g/mol. The number of carbonyl (C=O) groups is 2. The normalized spacial score (nSPS) is 11.5. The largest absolute Gasteiger partial charge is 0.492 e. The van der Waals surface area contributed by atoms with E-state index in [1.165, 1.54) is 0 Å². The smallest absolute Gasteiger partial charge is 0.335 e. The summed E-state index contributed by atoms with van der Waals surface area (Å²) >= 11 is 0. The first-order valence-corrected chi connectivity index (χ1v) is 15.1. The van der Waals surface area contributed by atoms with Crippen molar-refractivity contribution in [3.63, 3.8) is 0 Å². The molecule has 0 fully saturated rings. The number of carboxylic acids is 2. The number of benzene rings is 4. The predicted molar refractivity (Wildman–Crippen MR) is 171 cm³/mol. The van der Waals surface area contributed by atoms with Gasteiger partial charge in [-0.2, -0.15) is 0 Å². The molecule has 4 aromatic carbocycles. The van der Waals surface area contributed by atoms with Crippen molar-refractivity contribution in [1.29, 1.82) is 0 Å². The molecule has 0 spiro atoms. The van der Waals surface area contributed by atoms with Gasteiger partial charge < -0.3 is 29.5 Å². The van der Waals surface area contributed by atoms with Crippen LogP contribution in [0.15, 0.2) is 60.7 Å². The maximum absolute atomic E-state index is 11.7. The number of hydrogen-bond donors (Lipinski definition) is 2. The van der Waals surface area contributed by atoms with E-state index in [2.05, 4.69) is 37.5 Å². The molecule has 0 bridgehead atoms. The van der Waals surface area contributed by atoms with Crippen LogP contribution in [0, 0.1) is 0 Å². The summed E-state index contributed by atoms with van der Waals surface area (Å²) in [4.78, 5) is 28.0. The van der Waals surface area contributed by atoms with Gasteiger partial charge in [0.2, 0.25) is 0 Å². The highest BCUT2D eigenvalue weighted by molar-refractivity contribution is 5.98. The molecule has 4 rings (SSSR count). The first-order valence-electron chi connectivity index (χ1n) is 15.1. The van der Waals surface area contributed by atoms with E-state index < -0.39 is 11.9 Å². The molecular formula is C35H42N2O6. The Labute approximate surface area is 253 Å². The minimum atomic E-state index is -0.977. The average Bonchev–Trinajstić information content (AvgIpc) is 3.02. The van der Waals surface area contributed by atoms with Crippen LogP contribution < -0.4 is 9.47 Å². The molecule has 0 atom stereocenters. The van der Waals surface area contributed by atoms with Gasteiger partial charge in [-0.25, -0.2) is 9.59 Å². The second-order valence-electron chi connectivity index (χ2n) is 10.5. The zero-order valence-corrected chi connectivity index (χ0v) is 25.6. The summed E-state index contributed by atoms with van der Waals surface area (Å²) in [6, 6.07) is 18.0. The third-order valence-electron chi connectivity index (χ3n) is 8.14. The van der Waals surface area contributed by atoms with Crippen LogP contribution in [-0.2, 0) is 6.42 Å². The Morgan fingerprint density at radius 1 is 0.605 bits per heavy atom. The van der Waals surface area contributed by atoms with Gasteiger partial charge in [-0.3, -0.25) is 0 Å². The quantitative estimate of drug-likeness (QED) is 0.155. The Morgan fingerprint density at radius 2 is 1.00 bits per heavy atom. The summed E-state index contributed by atoms with van der Waals surface area (Å²) in [6.45, 7) is 14.9. The number of rotatable bonds is 16. The summed E-state index contributed by atoms with van der Waals surface area (Å²) in [7, 11) is 0. The van der Waals surface area contributed by atoms with Crippen LogP contribution in [0.4, 0.5) is 0 Å². The fourth-order valence-electron chi connectivity index (χ4n) is 5.48. The minimum absolute atomic E-state index is 0.223. The highest BCUT2D eigenvalue weighted by Gasteiger charge is 2.18. The lowest BCUT2D eigenvalue weighted by Gasteiger charge is -2.22. The molecule has 8 nitrogen and oxygen atoms in total. The third kappa shape index (κ3) is 7.63. The number of likely N-dealkylation sites (N-methyl/N-ethyl adjacent to an activating group) is 2. The number of ether oxygens (including phenoxy) is 2. The summed E-state index contributed by atoms with van der Waals surface area (Å²) in [5.74, 6) is -0.489. The van der Waals surface area contributed by atoms with Crippen molar-refractivity contribution in [2.45, 2.75) is 34.1 Å². The molecule has 43 heavy (non-hydrogen) atoms. The van der Waals surface area contributed by atoms with Crippen LogP contribution in [0.2, 0.25) is 0 Å². The first kappa shape index (κ1) is 31.8. The fraction of sp³-hybridized carbons (Fsp3) is 0.371. The molecule has 2 N–H and O–H groups in total. The Hall–Kier alpha value is -4.14. The van der Waals surface area contributed by atoms with Crippen LogP contribution in [0.3, 0.4) is 0 Å². The lowest BCUT2D eigenvalue weighted by atomic mass is 9.92. The summed E-state index contributed by atoms with van der Waals surface area (Å²) in [5, 5.41) is 22.6. The highest BCUT2D eigenvalue weighted by Crippen LogP contribution is 2.37. The van der Waals surface area contributed by atoms with Gasteiger partial charge >= 0.3 is 11.9 Å². The topological polar surface area (TPSA) is 99.5 Å². The highest BCUT2D eigenvalue weighted by atomic mass is 16.5. The molecule has 0 saturated carbocycles. The molecule has 0 aliphatic heterocycles. The zero-order valence-electron chi connectivity index (χ0n) is 25.6. The minimum Gasteiger partial charge on any atom is -0.492 e. The molecule has 8 heteroatoms. The van der Waals surface area contributed by atoms with E-state index in [0.717, 1.165) is 83.4 Å². The van der Waals surface area contributed by atoms with E-state index in [4.69, 9.17) is 9.47 Å². The first-order chi connectivity index (χ1) is 20.8. The zero-order chi connectivity index (χ0) is 30.9. The van der Waals surface area contributed by atoms with Gasteiger partial charge in [0.25, 0.3) is 0 Å². The number of carboxylic acid groups (broad SMARTS) is 2. The van der Waals surface area contributed by atoms with Crippen LogP contribution in [-0.4, -0.2) is 84.4 Å². The van der Waals surface area contributed by atoms with Gasteiger partial charge in [0, 0.05) is 30.6 Å². The van der Waals surface area contributed by atoms with Crippen molar-refractivity contribution in [2.24, 2.45) is 0 Å². The summed E-state index contributed by atoms with van der Waals surface area (Å²) < 4.78 is 12.8. The lowest BCUT2D eigenvalue weighted by molar-refractivity contribution is 0.0686. The fourth-order valence-corrected chi connectivity index (χ4v) is 5.48. The van der Waals surface area contributed by atoms with Crippen LogP contribution >= 0.6 is 0 Å². The van der Waals surface area contributed by atoms with Gasteiger partial charge in [-0.05, 0) is 84.1 Å². The van der Waals surface area contributed by atoms with Crippen molar-refractivity contribution < 1.29 is 29.3 Å².